The summed E-state index contributed by atoms with van der Waals surface area (Å²) in [5.41, 5.74) is 3.82. The number of hydrogen-bond acceptors (Lipinski definition) is 5. The molecule has 1 saturated heterocycles. The van der Waals surface area contributed by atoms with Crippen LogP contribution in [0.1, 0.15) is 23.5 Å². The predicted molar refractivity (Wildman–Crippen MR) is 133 cm³/mol. The normalized spacial score (nSPS) is 18.7. The van der Waals surface area contributed by atoms with E-state index >= 15 is 0 Å². The highest BCUT2D eigenvalue weighted by Crippen LogP contribution is 2.45. The van der Waals surface area contributed by atoms with E-state index in [1.807, 2.05) is 72.9 Å². The van der Waals surface area contributed by atoms with Crippen LogP contribution >= 0.6 is 12.2 Å². The summed E-state index contributed by atoms with van der Waals surface area (Å²) in [6.45, 7) is 0.220. The quantitative estimate of drug-likeness (QED) is 0.421. The second-order valence-electron chi connectivity index (χ2n) is 8.01. The molecule has 0 unspecified atom stereocenters. The van der Waals surface area contributed by atoms with Crippen molar-refractivity contribution in [3.63, 3.8) is 0 Å². The fraction of sp³-hybridized carbons (Fsp3) is 0.154. The number of rotatable bonds is 5. The number of nitrogens with one attached hydrogen (secondary N) is 1. The molecular formula is C26H22N4O3S. The summed E-state index contributed by atoms with van der Waals surface area (Å²) < 4.78 is 19.0. The Bertz CT molecular complexity index is 1360. The predicted octanol–water partition coefficient (Wildman–Crippen LogP) is 4.79. The molecule has 1 fully saturated rings. The lowest BCUT2D eigenvalue weighted by Gasteiger charge is -2.29. The van der Waals surface area contributed by atoms with E-state index in [9.17, 15) is 0 Å². The standard InChI is InChI=1S/C26H22N4O3S/c1-31-21-10-3-2-8-19(21)29-14-6-9-20(29)25-24(18-7-4-5-13-27-18)28-26(34)30(25)17-11-12-22-23(15-17)33-16-32-22/h2-15,24-25H,16H2,1H3,(H,28,34)/t24-,25+/m1/s1. The molecule has 0 radical (unpaired) electrons. The van der Waals surface area contributed by atoms with E-state index in [4.69, 9.17) is 26.4 Å². The molecule has 6 rings (SSSR count). The smallest absolute Gasteiger partial charge is 0.231 e. The lowest BCUT2D eigenvalue weighted by atomic mass is 10.0. The summed E-state index contributed by atoms with van der Waals surface area (Å²) in [6, 6.07) is 23.6. The summed E-state index contributed by atoms with van der Waals surface area (Å²) >= 11 is 5.87. The fourth-order valence-electron chi connectivity index (χ4n) is 4.65. The van der Waals surface area contributed by atoms with Crippen molar-refractivity contribution in [1.29, 1.82) is 0 Å². The Kier molecular flexibility index (Phi) is 5.07. The van der Waals surface area contributed by atoms with Gasteiger partial charge in [-0.05, 0) is 60.7 Å². The molecule has 2 aromatic heterocycles. The molecule has 4 heterocycles. The number of ether oxygens (including phenoxy) is 3. The van der Waals surface area contributed by atoms with Crippen LogP contribution in [0.3, 0.4) is 0 Å². The van der Waals surface area contributed by atoms with Crippen LogP contribution in [-0.4, -0.2) is 28.6 Å². The third-order valence-corrected chi connectivity index (χ3v) is 6.48. The minimum absolute atomic E-state index is 0.164. The molecule has 2 aliphatic heterocycles. The summed E-state index contributed by atoms with van der Waals surface area (Å²) in [5, 5.41) is 4.13. The maximum atomic E-state index is 5.87. The molecule has 4 aromatic rings. The lowest BCUT2D eigenvalue weighted by molar-refractivity contribution is 0.174. The van der Waals surface area contributed by atoms with Crippen molar-refractivity contribution >= 4 is 23.0 Å². The van der Waals surface area contributed by atoms with Gasteiger partial charge in [-0.1, -0.05) is 18.2 Å². The molecule has 1 N–H and O–H groups in total. The number of nitrogens with zero attached hydrogens (tertiary/aromatic N) is 3. The van der Waals surface area contributed by atoms with Crippen LogP contribution in [0.4, 0.5) is 5.69 Å². The highest BCUT2D eigenvalue weighted by atomic mass is 32.1. The Hall–Kier alpha value is -4.04. The third kappa shape index (κ3) is 3.34. The zero-order valence-corrected chi connectivity index (χ0v) is 19.2. The number of pyridine rings is 1. The minimum Gasteiger partial charge on any atom is -0.495 e. The zero-order chi connectivity index (χ0) is 23.1. The van der Waals surface area contributed by atoms with Gasteiger partial charge in [0.25, 0.3) is 0 Å². The molecule has 0 bridgehead atoms. The number of thiocarbonyl (C=S) groups is 1. The highest BCUT2D eigenvalue weighted by Gasteiger charge is 2.42. The molecule has 7 nitrogen and oxygen atoms in total. The van der Waals surface area contributed by atoms with Crippen LogP contribution in [0.2, 0.25) is 0 Å². The van der Waals surface area contributed by atoms with E-state index < -0.39 is 0 Å². The fourth-order valence-corrected chi connectivity index (χ4v) is 5.00. The van der Waals surface area contributed by atoms with Crippen molar-refractivity contribution in [1.82, 2.24) is 14.9 Å². The molecule has 2 atom stereocenters. The van der Waals surface area contributed by atoms with Gasteiger partial charge in [-0.25, -0.2) is 0 Å². The lowest BCUT2D eigenvalue weighted by Crippen LogP contribution is -2.30. The van der Waals surface area contributed by atoms with Crippen LogP contribution in [-0.2, 0) is 0 Å². The Morgan fingerprint density at radius 2 is 1.85 bits per heavy atom. The van der Waals surface area contributed by atoms with Gasteiger partial charge >= 0.3 is 0 Å². The molecule has 2 aliphatic rings. The van der Waals surface area contributed by atoms with Crippen molar-refractivity contribution in [3.05, 3.63) is 96.6 Å². The average molecular weight is 471 g/mol. The molecule has 0 aliphatic carbocycles. The number of benzene rings is 2. The molecule has 0 spiro atoms. The molecule has 8 heteroatoms. The van der Waals surface area contributed by atoms with E-state index in [0.29, 0.717) is 10.9 Å². The van der Waals surface area contributed by atoms with Crippen molar-refractivity contribution in [2.45, 2.75) is 12.1 Å². The summed E-state index contributed by atoms with van der Waals surface area (Å²) in [4.78, 5) is 6.77. The first-order chi connectivity index (χ1) is 16.7. The zero-order valence-electron chi connectivity index (χ0n) is 18.4. The van der Waals surface area contributed by atoms with Crippen molar-refractivity contribution < 1.29 is 14.2 Å². The maximum absolute atomic E-state index is 5.87. The number of methoxy groups -OCH3 is 1. The van der Waals surface area contributed by atoms with Crippen LogP contribution in [0.25, 0.3) is 5.69 Å². The van der Waals surface area contributed by atoms with Gasteiger partial charge in [0.15, 0.2) is 16.6 Å². The molecule has 0 amide bonds. The molecule has 34 heavy (non-hydrogen) atoms. The second-order valence-corrected chi connectivity index (χ2v) is 8.40. The van der Waals surface area contributed by atoms with Gasteiger partial charge in [0, 0.05) is 29.8 Å². The van der Waals surface area contributed by atoms with E-state index in [1.165, 1.54) is 0 Å². The number of fused-ring (bicyclic) bond motifs is 1. The Balaban J connectivity index is 1.52. The number of hydrogen-bond donors (Lipinski definition) is 1. The minimum atomic E-state index is -0.178. The monoisotopic (exact) mass is 470 g/mol. The SMILES string of the molecule is COc1ccccc1-n1cccc1[C@H]1[C@@H](c2ccccn2)NC(=S)N1c1ccc2c(c1)OCO2. The molecule has 2 aromatic carbocycles. The van der Waals surface area contributed by atoms with E-state index in [1.54, 1.807) is 13.3 Å². The van der Waals surface area contributed by atoms with Crippen molar-refractivity contribution in [3.8, 4) is 22.9 Å². The molecule has 0 saturated carbocycles. The van der Waals surface area contributed by atoms with Crippen LogP contribution in [0, 0.1) is 0 Å². The van der Waals surface area contributed by atoms with Gasteiger partial charge in [-0.3, -0.25) is 4.98 Å². The average Bonchev–Trinajstić information content (AvgIpc) is 3.62. The largest absolute Gasteiger partial charge is 0.495 e. The first-order valence-electron chi connectivity index (χ1n) is 11.0. The Morgan fingerprint density at radius 3 is 2.71 bits per heavy atom. The van der Waals surface area contributed by atoms with Gasteiger partial charge in [-0.2, -0.15) is 0 Å². The summed E-state index contributed by atoms with van der Waals surface area (Å²) in [5.74, 6) is 2.23. The first kappa shape index (κ1) is 20.6. The van der Waals surface area contributed by atoms with Gasteiger partial charge < -0.3 is 29.0 Å². The van der Waals surface area contributed by atoms with Crippen LogP contribution in [0.5, 0.6) is 17.2 Å². The van der Waals surface area contributed by atoms with Gasteiger partial charge in [0.1, 0.15) is 11.8 Å². The number of para-hydroxylation sites is 2. The Labute approximate surface area is 202 Å². The highest BCUT2D eigenvalue weighted by molar-refractivity contribution is 7.80. The van der Waals surface area contributed by atoms with Crippen LogP contribution < -0.4 is 24.4 Å². The molecular weight excluding hydrogens is 448 g/mol. The van der Waals surface area contributed by atoms with Crippen molar-refractivity contribution in [2.75, 3.05) is 18.8 Å². The molecule has 170 valence electrons. The van der Waals surface area contributed by atoms with E-state index in [2.05, 4.69) is 25.8 Å². The second kappa shape index (κ2) is 8.39. The van der Waals surface area contributed by atoms with Crippen LogP contribution in [0.15, 0.2) is 85.2 Å². The summed E-state index contributed by atoms with van der Waals surface area (Å²) in [6.07, 6.45) is 3.85. The van der Waals surface area contributed by atoms with Gasteiger partial charge in [0.05, 0.1) is 24.5 Å². The van der Waals surface area contributed by atoms with E-state index in [0.717, 1.165) is 34.3 Å². The van der Waals surface area contributed by atoms with Gasteiger partial charge in [-0.15, -0.1) is 0 Å². The Morgan fingerprint density at radius 1 is 1.00 bits per heavy atom. The maximum Gasteiger partial charge on any atom is 0.231 e. The topological polar surface area (TPSA) is 60.8 Å². The van der Waals surface area contributed by atoms with Gasteiger partial charge in [0.2, 0.25) is 6.79 Å². The van der Waals surface area contributed by atoms with E-state index in [-0.39, 0.29) is 18.9 Å². The summed E-state index contributed by atoms with van der Waals surface area (Å²) in [7, 11) is 1.68. The number of aromatic nitrogens is 2. The third-order valence-electron chi connectivity index (χ3n) is 6.16. The van der Waals surface area contributed by atoms with Crippen molar-refractivity contribution in [2.24, 2.45) is 0 Å². The number of anilines is 1. The first-order valence-corrected chi connectivity index (χ1v) is 11.4.